The first-order valence-corrected chi connectivity index (χ1v) is 10.6. The number of hydrogen-bond donors (Lipinski definition) is 1. The third-order valence-corrected chi connectivity index (χ3v) is 6.74. The average Bonchev–Trinajstić information content (AvgIpc) is 3.60. The second-order valence-electron chi connectivity index (χ2n) is 8.25. The smallest absolute Gasteiger partial charge is 0.231 e. The second-order valence-corrected chi connectivity index (χ2v) is 8.25. The predicted molar refractivity (Wildman–Crippen MR) is 111 cm³/mol. The third kappa shape index (κ3) is 2.84. The van der Waals surface area contributed by atoms with E-state index in [1.807, 2.05) is 6.07 Å². The fourth-order valence-electron chi connectivity index (χ4n) is 5.16. The Morgan fingerprint density at radius 2 is 1.55 bits per heavy atom. The van der Waals surface area contributed by atoms with Gasteiger partial charge in [-0.25, -0.2) is 0 Å². The van der Waals surface area contributed by atoms with Crippen LogP contribution in [0.4, 0.5) is 0 Å². The van der Waals surface area contributed by atoms with Crippen LogP contribution in [0.3, 0.4) is 0 Å². The molecule has 4 aliphatic rings. The Morgan fingerprint density at radius 3 is 2.30 bits per heavy atom. The minimum atomic E-state index is -1.35. The van der Waals surface area contributed by atoms with Gasteiger partial charge in [-0.15, -0.1) is 0 Å². The summed E-state index contributed by atoms with van der Waals surface area (Å²) in [4.78, 5) is 0. The molecule has 10 heteroatoms. The molecule has 4 atom stereocenters. The highest BCUT2D eigenvalue weighted by molar-refractivity contribution is 5.64. The highest BCUT2D eigenvalue weighted by atomic mass is 16.7. The SMILES string of the molecule is COc1cc2c(cc1[C@H]1OC[C@]3(O)[C@@H](c4c(OC)cc5c(c4OC)OCO5)OC[C@H]13)OCO2. The summed E-state index contributed by atoms with van der Waals surface area (Å²) in [5.74, 6) is 3.28. The number of methoxy groups -OCH3 is 3. The number of benzene rings is 2. The summed E-state index contributed by atoms with van der Waals surface area (Å²) >= 11 is 0. The van der Waals surface area contributed by atoms with Crippen LogP contribution in [0.5, 0.6) is 40.2 Å². The summed E-state index contributed by atoms with van der Waals surface area (Å²) < 4.78 is 51.3. The van der Waals surface area contributed by atoms with Gasteiger partial charge in [0.1, 0.15) is 23.2 Å². The summed E-state index contributed by atoms with van der Waals surface area (Å²) in [5, 5.41) is 11.9. The summed E-state index contributed by atoms with van der Waals surface area (Å²) in [6.07, 6.45) is -1.25. The van der Waals surface area contributed by atoms with Crippen LogP contribution in [0, 0.1) is 5.92 Å². The van der Waals surface area contributed by atoms with Crippen molar-refractivity contribution in [2.45, 2.75) is 17.8 Å². The zero-order valence-corrected chi connectivity index (χ0v) is 18.4. The van der Waals surface area contributed by atoms with Crippen molar-refractivity contribution in [3.8, 4) is 40.2 Å². The summed E-state index contributed by atoms with van der Waals surface area (Å²) in [6, 6.07) is 5.33. The quantitative estimate of drug-likeness (QED) is 0.715. The van der Waals surface area contributed by atoms with Crippen molar-refractivity contribution < 1.29 is 47.7 Å². The molecule has 33 heavy (non-hydrogen) atoms. The Kier molecular flexibility index (Phi) is 4.65. The van der Waals surface area contributed by atoms with Crippen LogP contribution in [0.2, 0.25) is 0 Å². The molecule has 0 amide bonds. The zero-order chi connectivity index (χ0) is 22.7. The Bertz CT molecular complexity index is 1100. The van der Waals surface area contributed by atoms with E-state index in [1.165, 1.54) is 7.11 Å². The van der Waals surface area contributed by atoms with E-state index in [0.29, 0.717) is 45.8 Å². The Hall–Kier alpha value is -3.08. The number of fused-ring (bicyclic) bond motifs is 3. The van der Waals surface area contributed by atoms with E-state index in [-0.39, 0.29) is 32.7 Å². The van der Waals surface area contributed by atoms with Crippen molar-refractivity contribution in [3.05, 3.63) is 29.3 Å². The molecule has 0 radical (unpaired) electrons. The number of rotatable bonds is 5. The molecule has 1 N–H and O–H groups in total. The molecule has 0 spiro atoms. The number of hydrogen-bond acceptors (Lipinski definition) is 10. The first-order valence-electron chi connectivity index (χ1n) is 10.6. The van der Waals surface area contributed by atoms with Gasteiger partial charge in [-0.2, -0.15) is 0 Å². The minimum absolute atomic E-state index is 0.0470. The molecule has 2 fully saturated rings. The van der Waals surface area contributed by atoms with Gasteiger partial charge in [0.15, 0.2) is 23.0 Å². The van der Waals surface area contributed by atoms with Crippen LogP contribution >= 0.6 is 0 Å². The van der Waals surface area contributed by atoms with Crippen LogP contribution in [0.1, 0.15) is 23.3 Å². The van der Waals surface area contributed by atoms with Gasteiger partial charge in [0.25, 0.3) is 0 Å². The van der Waals surface area contributed by atoms with Crippen molar-refractivity contribution in [3.63, 3.8) is 0 Å². The molecule has 2 aromatic rings. The van der Waals surface area contributed by atoms with Gasteiger partial charge in [0.2, 0.25) is 19.3 Å². The molecule has 0 aromatic heterocycles. The lowest BCUT2D eigenvalue weighted by atomic mass is 9.80. The lowest BCUT2D eigenvalue weighted by Gasteiger charge is -2.29. The van der Waals surface area contributed by atoms with Crippen molar-refractivity contribution in [1.29, 1.82) is 0 Å². The molecular weight excluding hydrogens is 436 g/mol. The minimum Gasteiger partial charge on any atom is -0.496 e. The van der Waals surface area contributed by atoms with E-state index in [1.54, 1.807) is 26.4 Å². The molecule has 0 aliphatic carbocycles. The van der Waals surface area contributed by atoms with E-state index < -0.39 is 17.8 Å². The van der Waals surface area contributed by atoms with Gasteiger partial charge in [0, 0.05) is 23.6 Å². The fraction of sp³-hybridized carbons (Fsp3) is 0.478. The maximum atomic E-state index is 11.9. The van der Waals surface area contributed by atoms with E-state index in [9.17, 15) is 5.11 Å². The monoisotopic (exact) mass is 460 g/mol. The summed E-state index contributed by atoms with van der Waals surface area (Å²) in [7, 11) is 4.66. The van der Waals surface area contributed by atoms with Crippen LogP contribution in [-0.4, -0.2) is 58.8 Å². The molecule has 10 nitrogen and oxygen atoms in total. The normalized spacial score (nSPS) is 28.7. The maximum Gasteiger partial charge on any atom is 0.231 e. The maximum absolute atomic E-state index is 11.9. The van der Waals surface area contributed by atoms with Crippen LogP contribution in [-0.2, 0) is 9.47 Å². The van der Waals surface area contributed by atoms with Gasteiger partial charge in [0.05, 0.1) is 46.2 Å². The lowest BCUT2D eigenvalue weighted by molar-refractivity contribution is -0.0644. The first kappa shape index (κ1) is 20.5. The van der Waals surface area contributed by atoms with Crippen molar-refractivity contribution in [1.82, 2.24) is 0 Å². The van der Waals surface area contributed by atoms with E-state index in [4.69, 9.17) is 42.6 Å². The molecule has 176 valence electrons. The Morgan fingerprint density at radius 1 is 0.848 bits per heavy atom. The second kappa shape index (κ2) is 7.47. The predicted octanol–water partition coefficient (Wildman–Crippen LogP) is 2.36. The lowest BCUT2D eigenvalue weighted by Crippen LogP contribution is -2.39. The average molecular weight is 460 g/mol. The van der Waals surface area contributed by atoms with Crippen LogP contribution in [0.25, 0.3) is 0 Å². The fourth-order valence-corrected chi connectivity index (χ4v) is 5.16. The third-order valence-electron chi connectivity index (χ3n) is 6.74. The standard InChI is InChI=1S/C23H24O10/c1-25-13-5-15-14(30-9-31-15)4-11(13)19-12-7-28-22(23(12,24)8-29-19)18-16(26-2)6-17-20(21(18)27-3)33-10-32-17/h4-6,12,19,22,24H,7-10H2,1-3H3/t12-,19-,22-,23-/m1/s1. The summed E-state index contributed by atoms with van der Waals surface area (Å²) in [5.41, 5.74) is -0.0342. The number of aliphatic hydroxyl groups is 1. The van der Waals surface area contributed by atoms with Crippen molar-refractivity contribution in [2.24, 2.45) is 5.92 Å². The van der Waals surface area contributed by atoms with Crippen LogP contribution < -0.4 is 33.2 Å². The van der Waals surface area contributed by atoms with Crippen molar-refractivity contribution >= 4 is 0 Å². The summed E-state index contributed by atoms with van der Waals surface area (Å²) in [6.45, 7) is 0.525. The molecular formula is C23H24O10. The highest BCUT2D eigenvalue weighted by Crippen LogP contribution is 2.60. The van der Waals surface area contributed by atoms with Crippen molar-refractivity contribution in [2.75, 3.05) is 48.1 Å². The molecule has 2 aromatic carbocycles. The Labute approximate surface area is 189 Å². The molecule has 4 aliphatic heterocycles. The number of ether oxygens (including phenoxy) is 9. The largest absolute Gasteiger partial charge is 0.496 e. The van der Waals surface area contributed by atoms with Crippen LogP contribution in [0.15, 0.2) is 18.2 Å². The molecule has 6 rings (SSSR count). The zero-order valence-electron chi connectivity index (χ0n) is 18.4. The topological polar surface area (TPSA) is 103 Å². The van der Waals surface area contributed by atoms with Gasteiger partial charge in [-0.05, 0) is 6.07 Å². The molecule has 2 saturated heterocycles. The van der Waals surface area contributed by atoms with Gasteiger partial charge in [-0.1, -0.05) is 0 Å². The van der Waals surface area contributed by atoms with Gasteiger partial charge >= 0.3 is 0 Å². The molecule has 0 unspecified atom stereocenters. The van der Waals surface area contributed by atoms with E-state index in [2.05, 4.69) is 0 Å². The molecule has 0 saturated carbocycles. The molecule has 4 heterocycles. The van der Waals surface area contributed by atoms with Gasteiger partial charge in [-0.3, -0.25) is 0 Å². The molecule has 0 bridgehead atoms. The van der Waals surface area contributed by atoms with E-state index >= 15 is 0 Å². The van der Waals surface area contributed by atoms with E-state index in [0.717, 1.165) is 5.56 Å². The van der Waals surface area contributed by atoms with Gasteiger partial charge < -0.3 is 47.7 Å². The highest BCUT2D eigenvalue weighted by Gasteiger charge is 2.61. The Balaban J connectivity index is 1.40. The first-order chi connectivity index (χ1) is 16.1.